The van der Waals surface area contributed by atoms with Gasteiger partial charge >= 0.3 is 12.1 Å². The summed E-state index contributed by atoms with van der Waals surface area (Å²) in [7, 11) is 0. The zero-order chi connectivity index (χ0) is 18.4. The predicted molar refractivity (Wildman–Crippen MR) is 91.6 cm³/mol. The lowest BCUT2D eigenvalue weighted by Gasteiger charge is -2.40. The maximum Gasteiger partial charge on any atom is 0.410 e. The first kappa shape index (κ1) is 20.5. The van der Waals surface area contributed by atoms with Crippen molar-refractivity contribution in [1.82, 2.24) is 4.90 Å². The number of rotatable bonds is 5. The number of hydrogen-bond donors (Lipinski definition) is 1. The van der Waals surface area contributed by atoms with Crippen molar-refractivity contribution in [3.63, 3.8) is 0 Å². The summed E-state index contributed by atoms with van der Waals surface area (Å²) < 4.78 is 10.4. The standard InChI is InChI=1S/C18H31NO5/c1-6-23-15(21)14(2)7-8-18(13-20)9-11-19(12-10-18)16(22)24-17(3,4)5/h7,20H,6,8-13H2,1-5H3/b14-7-. The number of aliphatic hydroxyl groups excluding tert-OH is 1. The molecule has 1 aliphatic rings. The Hall–Kier alpha value is -1.56. The fourth-order valence-electron chi connectivity index (χ4n) is 2.61. The van der Waals surface area contributed by atoms with Gasteiger partial charge in [0.2, 0.25) is 0 Å². The lowest BCUT2D eigenvalue weighted by atomic mass is 9.76. The highest BCUT2D eigenvalue weighted by atomic mass is 16.6. The molecule has 0 radical (unpaired) electrons. The zero-order valence-electron chi connectivity index (χ0n) is 15.6. The molecule has 1 fully saturated rings. The van der Waals surface area contributed by atoms with E-state index in [9.17, 15) is 14.7 Å². The molecular formula is C18H31NO5. The molecule has 1 amide bonds. The molecule has 0 bridgehead atoms. The number of nitrogens with zero attached hydrogens (tertiary/aromatic N) is 1. The van der Waals surface area contributed by atoms with E-state index >= 15 is 0 Å². The number of carbonyl (C=O) groups excluding carboxylic acids is 2. The van der Waals surface area contributed by atoms with Crippen molar-refractivity contribution in [3.05, 3.63) is 11.6 Å². The number of carbonyl (C=O) groups is 2. The Bertz CT molecular complexity index is 470. The summed E-state index contributed by atoms with van der Waals surface area (Å²) in [5.74, 6) is -0.322. The van der Waals surface area contributed by atoms with Crippen LogP contribution in [0, 0.1) is 5.41 Å². The normalized spacial score (nSPS) is 18.2. The third kappa shape index (κ3) is 6.15. The van der Waals surface area contributed by atoms with E-state index in [1.807, 2.05) is 26.8 Å². The number of amides is 1. The van der Waals surface area contributed by atoms with E-state index in [2.05, 4.69) is 0 Å². The first-order valence-corrected chi connectivity index (χ1v) is 8.55. The lowest BCUT2D eigenvalue weighted by Crippen LogP contribution is -2.46. The van der Waals surface area contributed by atoms with Gasteiger partial charge in [-0.2, -0.15) is 0 Å². The molecule has 6 nitrogen and oxygen atoms in total. The summed E-state index contributed by atoms with van der Waals surface area (Å²) in [5.41, 5.74) is -0.256. The molecule has 0 aliphatic carbocycles. The SMILES string of the molecule is CCOC(=O)/C(C)=C\CC1(CO)CCN(C(=O)OC(C)(C)C)CC1. The molecular weight excluding hydrogens is 310 g/mol. The van der Waals surface area contributed by atoms with Gasteiger partial charge in [-0.15, -0.1) is 0 Å². The van der Waals surface area contributed by atoms with Crippen molar-refractivity contribution in [1.29, 1.82) is 0 Å². The van der Waals surface area contributed by atoms with Gasteiger partial charge in [-0.1, -0.05) is 6.08 Å². The average molecular weight is 341 g/mol. The van der Waals surface area contributed by atoms with Gasteiger partial charge in [0.1, 0.15) is 5.60 Å². The number of allylic oxidation sites excluding steroid dienone is 1. The highest BCUT2D eigenvalue weighted by Crippen LogP contribution is 2.35. The third-order valence-electron chi connectivity index (χ3n) is 4.25. The number of esters is 1. The van der Waals surface area contributed by atoms with Gasteiger partial charge < -0.3 is 19.5 Å². The van der Waals surface area contributed by atoms with Crippen LogP contribution in [0.3, 0.4) is 0 Å². The summed E-state index contributed by atoms with van der Waals surface area (Å²) in [6.45, 7) is 10.5. The van der Waals surface area contributed by atoms with E-state index in [4.69, 9.17) is 9.47 Å². The predicted octanol–water partition coefficient (Wildman–Crippen LogP) is 2.90. The van der Waals surface area contributed by atoms with E-state index in [0.29, 0.717) is 44.5 Å². The van der Waals surface area contributed by atoms with Crippen LogP contribution in [0.5, 0.6) is 0 Å². The van der Waals surface area contributed by atoms with Crippen LogP contribution in [0.15, 0.2) is 11.6 Å². The topological polar surface area (TPSA) is 76.1 Å². The van der Waals surface area contributed by atoms with Crippen LogP contribution < -0.4 is 0 Å². The Balaban J connectivity index is 2.62. The zero-order valence-corrected chi connectivity index (χ0v) is 15.6. The van der Waals surface area contributed by atoms with Gasteiger partial charge in [-0.3, -0.25) is 0 Å². The van der Waals surface area contributed by atoms with E-state index in [1.165, 1.54) is 0 Å². The van der Waals surface area contributed by atoms with Crippen LogP contribution in [0.4, 0.5) is 4.79 Å². The second kappa shape index (κ2) is 8.51. The van der Waals surface area contributed by atoms with Crippen molar-refractivity contribution in [2.24, 2.45) is 5.41 Å². The monoisotopic (exact) mass is 341 g/mol. The molecule has 24 heavy (non-hydrogen) atoms. The number of aliphatic hydroxyl groups is 1. The van der Waals surface area contributed by atoms with E-state index < -0.39 is 5.60 Å². The minimum absolute atomic E-state index is 0.0295. The molecule has 1 rings (SSSR count). The highest BCUT2D eigenvalue weighted by Gasteiger charge is 2.36. The molecule has 1 aliphatic heterocycles. The second-order valence-electron chi connectivity index (χ2n) is 7.44. The van der Waals surface area contributed by atoms with Gasteiger partial charge in [-0.25, -0.2) is 9.59 Å². The van der Waals surface area contributed by atoms with Crippen molar-refractivity contribution < 1.29 is 24.2 Å². The first-order valence-electron chi connectivity index (χ1n) is 8.55. The largest absolute Gasteiger partial charge is 0.463 e. The molecule has 0 aromatic rings. The maximum absolute atomic E-state index is 12.1. The van der Waals surface area contributed by atoms with E-state index in [1.54, 1.807) is 18.7 Å². The number of ether oxygens (including phenoxy) is 2. The van der Waals surface area contributed by atoms with Gasteiger partial charge in [0.05, 0.1) is 6.61 Å². The van der Waals surface area contributed by atoms with Crippen LogP contribution in [0.1, 0.15) is 53.9 Å². The molecule has 1 saturated heterocycles. The van der Waals surface area contributed by atoms with Crippen LogP contribution in [0.25, 0.3) is 0 Å². The number of hydrogen-bond acceptors (Lipinski definition) is 5. The van der Waals surface area contributed by atoms with Crippen molar-refractivity contribution in [2.45, 2.75) is 59.5 Å². The summed E-state index contributed by atoms with van der Waals surface area (Å²) in [4.78, 5) is 25.5. The fraction of sp³-hybridized carbons (Fsp3) is 0.778. The van der Waals surface area contributed by atoms with Crippen molar-refractivity contribution in [2.75, 3.05) is 26.3 Å². The molecule has 0 spiro atoms. The van der Waals surface area contributed by atoms with Crippen LogP contribution >= 0.6 is 0 Å². The summed E-state index contributed by atoms with van der Waals surface area (Å²) in [6, 6.07) is 0. The summed E-state index contributed by atoms with van der Waals surface area (Å²) in [5, 5.41) is 9.83. The van der Waals surface area contributed by atoms with Gasteiger partial charge in [0.25, 0.3) is 0 Å². The molecule has 138 valence electrons. The quantitative estimate of drug-likeness (QED) is 0.615. The fourth-order valence-corrected chi connectivity index (χ4v) is 2.61. The summed E-state index contributed by atoms with van der Waals surface area (Å²) >= 11 is 0. The molecule has 0 aromatic carbocycles. The minimum atomic E-state index is -0.512. The van der Waals surface area contributed by atoms with Gasteiger partial charge in [0.15, 0.2) is 0 Å². The van der Waals surface area contributed by atoms with Gasteiger partial charge in [0, 0.05) is 30.7 Å². The van der Waals surface area contributed by atoms with Crippen molar-refractivity contribution >= 4 is 12.1 Å². The maximum atomic E-state index is 12.1. The Kier molecular flexibility index (Phi) is 7.27. The number of piperidine rings is 1. The van der Waals surface area contributed by atoms with Crippen LogP contribution in [0.2, 0.25) is 0 Å². The van der Waals surface area contributed by atoms with Crippen molar-refractivity contribution in [3.8, 4) is 0 Å². The molecule has 0 atom stereocenters. The van der Waals surface area contributed by atoms with Gasteiger partial charge in [-0.05, 0) is 53.9 Å². The Morgan fingerprint density at radius 3 is 2.29 bits per heavy atom. The second-order valence-corrected chi connectivity index (χ2v) is 7.44. The molecule has 0 saturated carbocycles. The Morgan fingerprint density at radius 2 is 1.83 bits per heavy atom. The van der Waals surface area contributed by atoms with E-state index in [0.717, 1.165) is 0 Å². The van der Waals surface area contributed by atoms with E-state index in [-0.39, 0.29) is 24.1 Å². The molecule has 6 heteroatoms. The molecule has 1 heterocycles. The molecule has 1 N–H and O–H groups in total. The Morgan fingerprint density at radius 1 is 1.25 bits per heavy atom. The summed E-state index contributed by atoms with van der Waals surface area (Å²) in [6.07, 6.45) is 3.46. The molecule has 0 aromatic heterocycles. The third-order valence-corrected chi connectivity index (χ3v) is 4.25. The first-order chi connectivity index (χ1) is 11.1. The average Bonchev–Trinajstić information content (AvgIpc) is 2.51. The Labute approximate surface area is 144 Å². The number of likely N-dealkylation sites (tertiary alicyclic amines) is 1. The smallest absolute Gasteiger partial charge is 0.410 e. The van der Waals surface area contributed by atoms with Crippen LogP contribution in [-0.2, 0) is 14.3 Å². The minimum Gasteiger partial charge on any atom is -0.463 e. The molecule has 0 unspecified atom stereocenters. The highest BCUT2D eigenvalue weighted by molar-refractivity contribution is 5.87. The lowest BCUT2D eigenvalue weighted by molar-refractivity contribution is -0.138. The van der Waals surface area contributed by atoms with Crippen LogP contribution in [-0.4, -0.2) is 54.0 Å².